The highest BCUT2D eigenvalue weighted by Gasteiger charge is 2.34. The topological polar surface area (TPSA) is 108 Å². The van der Waals surface area contributed by atoms with E-state index in [1.165, 1.54) is 0 Å². The summed E-state index contributed by atoms with van der Waals surface area (Å²) in [6.45, 7) is 14.9. The Morgan fingerprint density at radius 3 is 1.27 bits per heavy atom. The van der Waals surface area contributed by atoms with Crippen molar-refractivity contribution in [1.29, 1.82) is 0 Å². The summed E-state index contributed by atoms with van der Waals surface area (Å²) in [5.74, 6) is -0.292. The number of esters is 2. The van der Waals surface area contributed by atoms with Crippen LogP contribution in [0.3, 0.4) is 0 Å². The van der Waals surface area contributed by atoms with Gasteiger partial charge in [0.1, 0.15) is 0 Å². The molecule has 2 saturated carbocycles. The first kappa shape index (κ1) is 32.7. The monoisotopic (exact) mass is 568 g/mol. The van der Waals surface area contributed by atoms with Crippen molar-refractivity contribution in [3.63, 3.8) is 0 Å². The highest BCUT2D eigenvalue weighted by atomic mass is 16.6. The van der Waals surface area contributed by atoms with Crippen LogP contribution in [0.1, 0.15) is 52.4 Å². The third-order valence-corrected chi connectivity index (χ3v) is 7.52. The summed E-state index contributed by atoms with van der Waals surface area (Å²) >= 11 is 0. The summed E-state index contributed by atoms with van der Waals surface area (Å²) in [4.78, 5) is 23.6. The molecule has 2 aliphatic carbocycles. The molecule has 3 aliphatic rings. The number of carbonyl (C=O) groups is 2. The van der Waals surface area contributed by atoms with Crippen molar-refractivity contribution in [3.05, 3.63) is 24.3 Å². The van der Waals surface area contributed by atoms with Crippen LogP contribution in [0.15, 0.2) is 24.3 Å². The lowest BCUT2D eigenvalue weighted by atomic mass is 9.85. The molecule has 10 heteroatoms. The Balaban J connectivity index is 1.46. The van der Waals surface area contributed by atoms with Crippen molar-refractivity contribution >= 4 is 11.9 Å². The Bertz CT molecular complexity index is 750. The fourth-order valence-corrected chi connectivity index (χ4v) is 5.27. The molecule has 6 atom stereocenters. The van der Waals surface area contributed by atoms with Crippen molar-refractivity contribution in [2.75, 3.05) is 66.1 Å². The maximum atomic E-state index is 11.8. The van der Waals surface area contributed by atoms with Gasteiger partial charge in [-0.15, -0.1) is 0 Å². The summed E-state index contributed by atoms with van der Waals surface area (Å²) in [5.41, 5.74) is 0.804. The lowest BCUT2D eigenvalue weighted by molar-refractivity contribution is -0.149. The number of rotatable bonds is 6. The normalized spacial score (nSPS) is 31.4. The second kappa shape index (κ2) is 17.9. The fourth-order valence-electron chi connectivity index (χ4n) is 5.27. The molecule has 1 heterocycles. The summed E-state index contributed by atoms with van der Waals surface area (Å²) in [6, 6.07) is 0. The second-order valence-corrected chi connectivity index (χ2v) is 11.0. The SMILES string of the molecule is C=C(C)C(=O)OCC1CCC2OCCOCCOC3CCC(COC(=O)C(=C)C)CC3OCCOCCOC2C1. The highest BCUT2D eigenvalue weighted by Crippen LogP contribution is 2.30. The van der Waals surface area contributed by atoms with E-state index < -0.39 is 0 Å². The first-order valence-electron chi connectivity index (χ1n) is 14.6. The van der Waals surface area contributed by atoms with Crippen molar-refractivity contribution in [1.82, 2.24) is 0 Å². The maximum Gasteiger partial charge on any atom is 0.333 e. The van der Waals surface area contributed by atoms with Crippen molar-refractivity contribution in [2.45, 2.75) is 76.8 Å². The van der Waals surface area contributed by atoms with Gasteiger partial charge in [-0.25, -0.2) is 9.59 Å². The molecule has 10 nitrogen and oxygen atoms in total. The summed E-state index contributed by atoms with van der Waals surface area (Å²) in [6.07, 6.45) is 4.65. The molecule has 228 valence electrons. The van der Waals surface area contributed by atoms with E-state index in [2.05, 4.69) is 13.2 Å². The standard InChI is InChI=1S/C30H48O10/c1-21(2)29(31)39-19-23-5-7-25-27(17-23)37-15-11-34-12-16-38-28-18-24(20-40-30(32)22(3)4)6-8-26(28)36-14-10-33-9-13-35-25/h23-28H,1,3,5-20H2,2,4H3. The second-order valence-electron chi connectivity index (χ2n) is 11.0. The minimum atomic E-state index is -0.359. The molecule has 0 amide bonds. The van der Waals surface area contributed by atoms with Gasteiger partial charge in [-0.1, -0.05) is 13.2 Å². The number of carbonyl (C=O) groups excluding carboxylic acids is 2. The van der Waals surface area contributed by atoms with E-state index in [-0.39, 0.29) is 48.2 Å². The van der Waals surface area contributed by atoms with E-state index in [9.17, 15) is 9.59 Å². The Morgan fingerprint density at radius 1 is 0.575 bits per heavy atom. The smallest absolute Gasteiger partial charge is 0.333 e. The van der Waals surface area contributed by atoms with Gasteiger partial charge in [0.25, 0.3) is 0 Å². The van der Waals surface area contributed by atoms with E-state index in [1.54, 1.807) is 13.8 Å². The Kier molecular flexibility index (Phi) is 14.6. The van der Waals surface area contributed by atoms with Gasteiger partial charge >= 0.3 is 11.9 Å². The molecule has 3 rings (SSSR count). The summed E-state index contributed by atoms with van der Waals surface area (Å²) in [7, 11) is 0. The lowest BCUT2D eigenvalue weighted by Crippen LogP contribution is -2.41. The molecule has 0 bridgehead atoms. The molecule has 6 unspecified atom stereocenters. The largest absolute Gasteiger partial charge is 0.462 e. The Hall–Kier alpha value is -1.82. The number of fused-ring (bicyclic) bond motifs is 2. The first-order valence-corrected chi connectivity index (χ1v) is 14.6. The van der Waals surface area contributed by atoms with E-state index in [4.69, 9.17) is 37.9 Å². The summed E-state index contributed by atoms with van der Waals surface area (Å²) in [5, 5.41) is 0. The van der Waals surface area contributed by atoms with Crippen molar-refractivity contribution in [3.8, 4) is 0 Å². The predicted molar refractivity (Wildman–Crippen MR) is 147 cm³/mol. The van der Waals surface area contributed by atoms with Crippen LogP contribution in [0.5, 0.6) is 0 Å². The molecule has 3 fully saturated rings. The molecule has 1 aliphatic heterocycles. The fraction of sp³-hybridized carbons (Fsp3) is 0.800. The molecule has 1 saturated heterocycles. The molecular formula is C30H48O10. The molecule has 0 spiro atoms. The van der Waals surface area contributed by atoms with Gasteiger partial charge in [0.2, 0.25) is 0 Å². The molecule has 0 aromatic carbocycles. The van der Waals surface area contributed by atoms with Crippen LogP contribution in [0.25, 0.3) is 0 Å². The Labute approximate surface area is 238 Å². The zero-order valence-electron chi connectivity index (χ0n) is 24.3. The summed E-state index contributed by atoms with van der Waals surface area (Å²) < 4.78 is 47.0. The van der Waals surface area contributed by atoms with Crippen LogP contribution in [0, 0.1) is 11.8 Å². The van der Waals surface area contributed by atoms with E-state index in [0.29, 0.717) is 77.2 Å². The average Bonchev–Trinajstić information content (AvgIpc) is 2.94. The molecular weight excluding hydrogens is 520 g/mol. The molecule has 0 aromatic heterocycles. The minimum Gasteiger partial charge on any atom is -0.462 e. The van der Waals surface area contributed by atoms with Gasteiger partial charge in [-0.05, 0) is 64.2 Å². The zero-order valence-corrected chi connectivity index (χ0v) is 24.3. The highest BCUT2D eigenvalue weighted by molar-refractivity contribution is 5.87. The van der Waals surface area contributed by atoms with Gasteiger partial charge in [-0.2, -0.15) is 0 Å². The van der Waals surface area contributed by atoms with Gasteiger partial charge in [-0.3, -0.25) is 0 Å². The van der Waals surface area contributed by atoms with Crippen molar-refractivity contribution < 1.29 is 47.5 Å². The Morgan fingerprint density at radius 2 is 0.925 bits per heavy atom. The molecule has 0 N–H and O–H groups in total. The number of hydrogen-bond donors (Lipinski definition) is 0. The predicted octanol–water partition coefficient (Wildman–Crippen LogP) is 3.41. The first-order chi connectivity index (χ1) is 19.3. The third-order valence-electron chi connectivity index (χ3n) is 7.52. The van der Waals surface area contributed by atoms with Crippen LogP contribution in [-0.4, -0.2) is 102 Å². The van der Waals surface area contributed by atoms with Gasteiger partial charge < -0.3 is 37.9 Å². The van der Waals surface area contributed by atoms with Gasteiger partial charge in [0.05, 0.1) is 90.5 Å². The van der Waals surface area contributed by atoms with Crippen LogP contribution < -0.4 is 0 Å². The average molecular weight is 569 g/mol. The van der Waals surface area contributed by atoms with Gasteiger partial charge in [0, 0.05) is 11.1 Å². The number of ether oxygens (including phenoxy) is 8. The van der Waals surface area contributed by atoms with E-state index in [1.807, 2.05) is 0 Å². The van der Waals surface area contributed by atoms with Crippen LogP contribution in [-0.2, 0) is 47.5 Å². The van der Waals surface area contributed by atoms with Crippen LogP contribution in [0.2, 0.25) is 0 Å². The molecule has 0 aromatic rings. The van der Waals surface area contributed by atoms with Crippen LogP contribution in [0.4, 0.5) is 0 Å². The lowest BCUT2D eigenvalue weighted by Gasteiger charge is -2.36. The van der Waals surface area contributed by atoms with Gasteiger partial charge in [0.15, 0.2) is 0 Å². The quantitative estimate of drug-likeness (QED) is 0.349. The zero-order chi connectivity index (χ0) is 28.7. The number of hydrogen-bond acceptors (Lipinski definition) is 10. The minimum absolute atomic E-state index is 0.0410. The maximum absolute atomic E-state index is 11.8. The van der Waals surface area contributed by atoms with Crippen LogP contribution >= 0.6 is 0 Å². The molecule has 0 radical (unpaired) electrons. The third kappa shape index (κ3) is 11.6. The van der Waals surface area contributed by atoms with E-state index in [0.717, 1.165) is 38.5 Å². The van der Waals surface area contributed by atoms with Crippen molar-refractivity contribution in [2.24, 2.45) is 11.8 Å². The molecule has 40 heavy (non-hydrogen) atoms. The van der Waals surface area contributed by atoms with E-state index >= 15 is 0 Å².